The second-order valence-corrected chi connectivity index (χ2v) is 3.26. The molecule has 1 aliphatic heterocycles. The Bertz CT molecular complexity index is 199. The summed E-state index contributed by atoms with van der Waals surface area (Å²) in [5.41, 5.74) is 0. The third-order valence-electron chi connectivity index (χ3n) is 2.42. The number of Topliss-reactive ketones (excluding diaryl/α,β-unsaturated/α-hetero) is 1. The average Bonchev–Trinajstić information content (AvgIpc) is 2.58. The highest BCUT2D eigenvalue weighted by Crippen LogP contribution is 2.29. The Balaban J connectivity index is 1.93. The van der Waals surface area contributed by atoms with Crippen molar-refractivity contribution in [1.82, 2.24) is 0 Å². The summed E-state index contributed by atoms with van der Waals surface area (Å²) >= 11 is 0. The molecule has 0 aromatic carbocycles. The molecule has 1 heterocycles. The molecular weight excluding hydrogens is 160 g/mol. The maximum absolute atomic E-state index is 10.9. The summed E-state index contributed by atoms with van der Waals surface area (Å²) in [5, 5.41) is 0. The summed E-state index contributed by atoms with van der Waals surface area (Å²) < 4.78 is 9.52. The Morgan fingerprint density at radius 1 is 1.33 bits per heavy atom. The van der Waals surface area contributed by atoms with Gasteiger partial charge in [0.2, 0.25) is 0 Å². The summed E-state index contributed by atoms with van der Waals surface area (Å²) in [4.78, 5) is 21.5. The van der Waals surface area contributed by atoms with Crippen molar-refractivity contribution < 1.29 is 19.1 Å². The topological polar surface area (TPSA) is 52.6 Å². The van der Waals surface area contributed by atoms with Crippen LogP contribution in [0.15, 0.2) is 0 Å². The number of hydrogen-bond donors (Lipinski definition) is 0. The first-order valence-electron chi connectivity index (χ1n) is 4.11. The van der Waals surface area contributed by atoms with Crippen molar-refractivity contribution in [3.05, 3.63) is 0 Å². The standard InChI is InChI=1S/C8H10O4/c9-6-2-1-5(3-6)7-4-11-8(10)12-7/h5,7H,1-4H2. The van der Waals surface area contributed by atoms with Gasteiger partial charge in [-0.3, -0.25) is 4.79 Å². The van der Waals surface area contributed by atoms with Crippen LogP contribution in [-0.4, -0.2) is 24.6 Å². The average molecular weight is 170 g/mol. The van der Waals surface area contributed by atoms with Crippen molar-refractivity contribution in [3.63, 3.8) is 0 Å². The van der Waals surface area contributed by atoms with E-state index >= 15 is 0 Å². The van der Waals surface area contributed by atoms with E-state index in [0.29, 0.717) is 19.4 Å². The van der Waals surface area contributed by atoms with E-state index in [9.17, 15) is 9.59 Å². The van der Waals surface area contributed by atoms with Crippen LogP contribution in [0.25, 0.3) is 0 Å². The lowest BCUT2D eigenvalue weighted by atomic mass is 10.0. The molecule has 12 heavy (non-hydrogen) atoms. The third kappa shape index (κ3) is 1.29. The lowest BCUT2D eigenvalue weighted by Crippen LogP contribution is -2.20. The highest BCUT2D eigenvalue weighted by atomic mass is 16.8. The van der Waals surface area contributed by atoms with Gasteiger partial charge in [0, 0.05) is 18.8 Å². The molecule has 2 rings (SSSR count). The minimum atomic E-state index is -0.598. The zero-order valence-corrected chi connectivity index (χ0v) is 6.62. The van der Waals surface area contributed by atoms with Crippen LogP contribution in [-0.2, 0) is 14.3 Å². The van der Waals surface area contributed by atoms with Crippen LogP contribution in [0.4, 0.5) is 4.79 Å². The van der Waals surface area contributed by atoms with Crippen molar-refractivity contribution in [2.24, 2.45) is 5.92 Å². The minimum absolute atomic E-state index is 0.177. The second-order valence-electron chi connectivity index (χ2n) is 3.26. The zero-order valence-electron chi connectivity index (χ0n) is 6.62. The van der Waals surface area contributed by atoms with Crippen LogP contribution in [0.5, 0.6) is 0 Å². The van der Waals surface area contributed by atoms with Gasteiger partial charge in [-0.1, -0.05) is 0 Å². The normalized spacial score (nSPS) is 35.0. The molecule has 0 N–H and O–H groups in total. The van der Waals surface area contributed by atoms with Gasteiger partial charge in [-0.15, -0.1) is 0 Å². The number of ether oxygens (including phenoxy) is 2. The fraction of sp³-hybridized carbons (Fsp3) is 0.750. The van der Waals surface area contributed by atoms with Gasteiger partial charge in [-0.25, -0.2) is 4.79 Å². The van der Waals surface area contributed by atoms with Crippen molar-refractivity contribution >= 4 is 11.9 Å². The molecule has 1 saturated carbocycles. The molecule has 1 saturated heterocycles. The monoisotopic (exact) mass is 170 g/mol. The molecule has 2 fully saturated rings. The molecule has 2 atom stereocenters. The predicted molar refractivity (Wildman–Crippen MR) is 38.6 cm³/mol. The van der Waals surface area contributed by atoms with Gasteiger partial charge in [0.1, 0.15) is 18.5 Å². The van der Waals surface area contributed by atoms with Gasteiger partial charge >= 0.3 is 6.16 Å². The van der Waals surface area contributed by atoms with E-state index in [4.69, 9.17) is 4.74 Å². The first-order chi connectivity index (χ1) is 5.75. The lowest BCUT2D eigenvalue weighted by Gasteiger charge is -2.11. The number of rotatable bonds is 1. The summed E-state index contributed by atoms with van der Waals surface area (Å²) in [7, 11) is 0. The maximum atomic E-state index is 10.9. The van der Waals surface area contributed by atoms with Gasteiger partial charge in [-0.05, 0) is 6.42 Å². The van der Waals surface area contributed by atoms with E-state index in [0.717, 1.165) is 6.42 Å². The third-order valence-corrected chi connectivity index (χ3v) is 2.42. The van der Waals surface area contributed by atoms with Gasteiger partial charge < -0.3 is 9.47 Å². The Hall–Kier alpha value is -1.06. The summed E-state index contributed by atoms with van der Waals surface area (Å²) in [5.74, 6) is 0.465. The fourth-order valence-electron chi connectivity index (χ4n) is 1.73. The lowest BCUT2D eigenvalue weighted by molar-refractivity contribution is -0.117. The maximum Gasteiger partial charge on any atom is 0.508 e. The van der Waals surface area contributed by atoms with E-state index in [1.165, 1.54) is 0 Å². The Morgan fingerprint density at radius 2 is 2.17 bits per heavy atom. The first-order valence-corrected chi connectivity index (χ1v) is 4.11. The predicted octanol–water partition coefficient (Wildman–Crippen LogP) is 0.891. The number of cyclic esters (lactones) is 2. The van der Waals surface area contributed by atoms with Crippen molar-refractivity contribution in [2.75, 3.05) is 6.61 Å². The molecular formula is C8H10O4. The van der Waals surface area contributed by atoms with Crippen LogP contribution >= 0.6 is 0 Å². The zero-order chi connectivity index (χ0) is 8.55. The van der Waals surface area contributed by atoms with E-state index in [-0.39, 0.29) is 17.8 Å². The number of carbonyl (C=O) groups excluding carboxylic acids is 2. The molecule has 0 aromatic rings. The molecule has 66 valence electrons. The van der Waals surface area contributed by atoms with Gasteiger partial charge in [-0.2, -0.15) is 0 Å². The molecule has 2 unspecified atom stereocenters. The van der Waals surface area contributed by atoms with E-state index < -0.39 is 6.16 Å². The number of carbonyl (C=O) groups is 2. The Kier molecular flexibility index (Phi) is 1.75. The minimum Gasteiger partial charge on any atom is -0.430 e. The largest absolute Gasteiger partial charge is 0.508 e. The van der Waals surface area contributed by atoms with E-state index in [1.807, 2.05) is 0 Å². The fourth-order valence-corrected chi connectivity index (χ4v) is 1.73. The molecule has 0 spiro atoms. The van der Waals surface area contributed by atoms with Crippen molar-refractivity contribution in [3.8, 4) is 0 Å². The summed E-state index contributed by atoms with van der Waals surface area (Å²) in [6, 6.07) is 0. The second kappa shape index (κ2) is 2.77. The van der Waals surface area contributed by atoms with Crippen molar-refractivity contribution in [2.45, 2.75) is 25.4 Å². The summed E-state index contributed by atoms with van der Waals surface area (Å²) in [6.45, 7) is 0.316. The van der Waals surface area contributed by atoms with Crippen LogP contribution in [0.2, 0.25) is 0 Å². The van der Waals surface area contributed by atoms with E-state index in [2.05, 4.69) is 4.74 Å². The quantitative estimate of drug-likeness (QED) is 0.548. The molecule has 0 aromatic heterocycles. The van der Waals surface area contributed by atoms with Gasteiger partial charge in [0.15, 0.2) is 0 Å². The number of ketones is 1. The van der Waals surface area contributed by atoms with Crippen molar-refractivity contribution in [1.29, 1.82) is 0 Å². The van der Waals surface area contributed by atoms with Gasteiger partial charge in [0.25, 0.3) is 0 Å². The molecule has 4 nitrogen and oxygen atoms in total. The Morgan fingerprint density at radius 3 is 2.67 bits per heavy atom. The van der Waals surface area contributed by atoms with E-state index in [1.54, 1.807) is 0 Å². The summed E-state index contributed by atoms with van der Waals surface area (Å²) in [6.07, 6.45) is 1.23. The van der Waals surface area contributed by atoms with Crippen LogP contribution < -0.4 is 0 Å². The molecule has 1 aliphatic carbocycles. The molecule has 0 amide bonds. The first kappa shape index (κ1) is 7.58. The SMILES string of the molecule is O=C1CCC(C2COC(=O)O2)C1. The molecule has 4 heteroatoms. The molecule has 0 radical (unpaired) electrons. The highest BCUT2D eigenvalue weighted by Gasteiger charge is 2.36. The Labute approximate surface area is 69.8 Å². The highest BCUT2D eigenvalue weighted by molar-refractivity contribution is 5.80. The number of hydrogen-bond acceptors (Lipinski definition) is 4. The molecule has 2 aliphatic rings. The molecule has 0 bridgehead atoms. The van der Waals surface area contributed by atoms with Crippen LogP contribution in [0.1, 0.15) is 19.3 Å². The van der Waals surface area contributed by atoms with Crippen LogP contribution in [0, 0.1) is 5.92 Å². The smallest absolute Gasteiger partial charge is 0.430 e. The van der Waals surface area contributed by atoms with Crippen LogP contribution in [0.3, 0.4) is 0 Å². The van der Waals surface area contributed by atoms with Gasteiger partial charge in [0.05, 0.1) is 0 Å².